The predicted octanol–water partition coefficient (Wildman–Crippen LogP) is 4.01. The summed E-state index contributed by atoms with van der Waals surface area (Å²) in [6, 6.07) is 9.70. The van der Waals surface area contributed by atoms with E-state index < -0.39 is 0 Å². The molecule has 2 N–H and O–H groups in total. The van der Waals surface area contributed by atoms with Crippen LogP contribution >= 0.6 is 47.2 Å². The molecule has 164 valence electrons. The molecule has 1 aromatic carbocycles. The van der Waals surface area contributed by atoms with Crippen molar-refractivity contribution in [2.24, 2.45) is 4.99 Å². The summed E-state index contributed by atoms with van der Waals surface area (Å²) in [7, 11) is 1.75. The highest BCUT2D eigenvalue weighted by atomic mass is 127. The number of nitrogens with one attached hydrogen (secondary N) is 2. The molecule has 0 unspecified atom stereocenters. The maximum absolute atomic E-state index is 6.22. The third-order valence-corrected chi connectivity index (χ3v) is 5.68. The average molecular weight is 563 g/mol. The van der Waals surface area contributed by atoms with Crippen LogP contribution in [0.3, 0.4) is 0 Å². The zero-order chi connectivity index (χ0) is 20.6. The minimum atomic E-state index is 0. The maximum atomic E-state index is 6.22. The molecule has 9 heteroatoms. The molecule has 3 rings (SSSR count). The van der Waals surface area contributed by atoms with Gasteiger partial charge in [0.1, 0.15) is 5.82 Å². The van der Waals surface area contributed by atoms with E-state index >= 15 is 0 Å². The molecule has 1 fully saturated rings. The van der Waals surface area contributed by atoms with Gasteiger partial charge in [-0.15, -0.1) is 24.0 Å². The summed E-state index contributed by atoms with van der Waals surface area (Å²) in [5.41, 5.74) is 2.07. The van der Waals surface area contributed by atoms with Crippen molar-refractivity contribution in [2.45, 2.75) is 20.0 Å². The molecule has 0 atom stereocenters. The van der Waals surface area contributed by atoms with Gasteiger partial charge in [-0.2, -0.15) is 0 Å². The van der Waals surface area contributed by atoms with Crippen molar-refractivity contribution in [1.29, 1.82) is 0 Å². The van der Waals surface area contributed by atoms with Gasteiger partial charge in [0.05, 0.1) is 0 Å². The van der Waals surface area contributed by atoms with Crippen LogP contribution in [0.15, 0.2) is 41.5 Å². The third-order valence-electron chi connectivity index (χ3n) is 5.10. The highest BCUT2D eigenvalue weighted by Gasteiger charge is 2.16. The van der Waals surface area contributed by atoms with E-state index in [1.54, 1.807) is 13.1 Å². The molecule has 1 aliphatic rings. The molecule has 1 saturated heterocycles. The molecule has 30 heavy (non-hydrogen) atoms. The molecule has 0 spiro atoms. The number of rotatable bonds is 6. The van der Waals surface area contributed by atoms with E-state index in [-0.39, 0.29) is 24.0 Å². The largest absolute Gasteiger partial charge is 0.354 e. The van der Waals surface area contributed by atoms with Crippen LogP contribution in [-0.2, 0) is 13.1 Å². The van der Waals surface area contributed by atoms with Gasteiger partial charge in [-0.25, -0.2) is 4.98 Å². The van der Waals surface area contributed by atoms with Crippen LogP contribution in [0, 0.1) is 0 Å². The summed E-state index contributed by atoms with van der Waals surface area (Å²) >= 11 is 12.2. The standard InChI is InChI=1S/C21H28Cl2N6.HI/c1-3-28-8-10-29(11-9-28)20-7-4-16(13-25-20)14-26-21(24-2)27-15-17-5-6-18(22)12-19(17)23;/h4-7,12-13H,3,8-11,14-15H2,1-2H3,(H2,24,26,27);1H. The zero-order valence-corrected chi connectivity index (χ0v) is 21.2. The lowest BCUT2D eigenvalue weighted by atomic mass is 10.2. The molecule has 1 aliphatic heterocycles. The number of guanidine groups is 1. The van der Waals surface area contributed by atoms with Crippen LogP contribution in [0.25, 0.3) is 0 Å². The first-order valence-electron chi connectivity index (χ1n) is 9.89. The van der Waals surface area contributed by atoms with Crippen molar-refractivity contribution in [1.82, 2.24) is 20.5 Å². The first kappa shape index (κ1) is 25.0. The average Bonchev–Trinajstić information content (AvgIpc) is 2.75. The number of pyridine rings is 1. The van der Waals surface area contributed by atoms with Gasteiger partial charge in [0.15, 0.2) is 5.96 Å². The molecule has 0 bridgehead atoms. The highest BCUT2D eigenvalue weighted by Crippen LogP contribution is 2.20. The zero-order valence-electron chi connectivity index (χ0n) is 17.4. The summed E-state index contributed by atoms with van der Waals surface area (Å²) in [4.78, 5) is 13.7. The minimum Gasteiger partial charge on any atom is -0.354 e. The number of hydrogen-bond donors (Lipinski definition) is 2. The fraction of sp³-hybridized carbons (Fsp3) is 0.429. The Labute approximate surface area is 206 Å². The number of aliphatic imine (C=N–C) groups is 1. The maximum Gasteiger partial charge on any atom is 0.191 e. The Morgan fingerprint density at radius 1 is 1.07 bits per heavy atom. The topological polar surface area (TPSA) is 55.8 Å². The molecule has 0 aliphatic carbocycles. The van der Waals surface area contributed by atoms with Gasteiger partial charge in [0.2, 0.25) is 0 Å². The van der Waals surface area contributed by atoms with E-state index in [0.717, 1.165) is 49.7 Å². The fourth-order valence-corrected chi connectivity index (χ4v) is 3.73. The number of halogens is 3. The molecule has 0 saturated carbocycles. The quantitative estimate of drug-likeness (QED) is 0.316. The summed E-state index contributed by atoms with van der Waals surface area (Å²) in [6.45, 7) is 8.79. The molecule has 0 amide bonds. The van der Waals surface area contributed by atoms with Crippen molar-refractivity contribution in [3.05, 3.63) is 57.7 Å². The second-order valence-electron chi connectivity index (χ2n) is 6.96. The van der Waals surface area contributed by atoms with Crippen LogP contribution in [0.5, 0.6) is 0 Å². The fourth-order valence-electron chi connectivity index (χ4n) is 3.25. The molecular weight excluding hydrogens is 534 g/mol. The van der Waals surface area contributed by atoms with Crippen molar-refractivity contribution < 1.29 is 0 Å². The molecule has 2 heterocycles. The molecular formula is C21H29Cl2IN6. The summed E-state index contributed by atoms with van der Waals surface area (Å²) < 4.78 is 0. The third kappa shape index (κ3) is 7.14. The Morgan fingerprint density at radius 2 is 1.80 bits per heavy atom. The first-order chi connectivity index (χ1) is 14.1. The minimum absolute atomic E-state index is 0. The van der Waals surface area contributed by atoms with Crippen LogP contribution in [0.4, 0.5) is 5.82 Å². The summed E-state index contributed by atoms with van der Waals surface area (Å²) in [6.07, 6.45) is 1.93. The van der Waals surface area contributed by atoms with E-state index in [4.69, 9.17) is 23.2 Å². The van der Waals surface area contributed by atoms with E-state index in [0.29, 0.717) is 29.1 Å². The number of likely N-dealkylation sites (N-methyl/N-ethyl adjacent to an activating group) is 1. The summed E-state index contributed by atoms with van der Waals surface area (Å²) in [5.74, 6) is 1.75. The van der Waals surface area contributed by atoms with Crippen LogP contribution in [-0.4, -0.2) is 55.6 Å². The van der Waals surface area contributed by atoms with Gasteiger partial charge in [-0.3, -0.25) is 4.99 Å². The van der Waals surface area contributed by atoms with Crippen LogP contribution in [0.2, 0.25) is 10.0 Å². The van der Waals surface area contributed by atoms with Crippen molar-refractivity contribution in [3.63, 3.8) is 0 Å². The number of anilines is 1. The first-order valence-corrected chi connectivity index (χ1v) is 10.6. The van der Waals surface area contributed by atoms with Crippen LogP contribution < -0.4 is 15.5 Å². The van der Waals surface area contributed by atoms with Gasteiger partial charge >= 0.3 is 0 Å². The van der Waals surface area contributed by atoms with Crippen LogP contribution in [0.1, 0.15) is 18.1 Å². The second kappa shape index (κ2) is 12.5. The molecule has 1 aromatic heterocycles. The van der Waals surface area contributed by atoms with E-state index in [9.17, 15) is 0 Å². The Bertz CT molecular complexity index is 823. The Balaban J connectivity index is 0.00000320. The number of piperazine rings is 1. The van der Waals surface area contributed by atoms with E-state index in [1.807, 2.05) is 18.3 Å². The monoisotopic (exact) mass is 562 g/mol. The van der Waals surface area contributed by atoms with Crippen molar-refractivity contribution >= 4 is 59.0 Å². The lowest BCUT2D eigenvalue weighted by molar-refractivity contribution is 0.270. The number of benzene rings is 1. The molecule has 2 aromatic rings. The lowest BCUT2D eigenvalue weighted by Gasteiger charge is -2.34. The lowest BCUT2D eigenvalue weighted by Crippen LogP contribution is -2.46. The normalized spacial score (nSPS) is 14.9. The SMILES string of the molecule is CCN1CCN(c2ccc(CNC(=NC)NCc3ccc(Cl)cc3Cl)cn2)CC1.I. The van der Waals surface area contributed by atoms with E-state index in [1.165, 1.54) is 0 Å². The van der Waals surface area contributed by atoms with Crippen molar-refractivity contribution in [3.8, 4) is 0 Å². The van der Waals surface area contributed by atoms with Gasteiger partial charge in [0, 0.05) is 62.6 Å². The summed E-state index contributed by atoms with van der Waals surface area (Å²) in [5, 5.41) is 7.84. The Hall–Kier alpha value is -1.29. The highest BCUT2D eigenvalue weighted by molar-refractivity contribution is 14.0. The predicted molar refractivity (Wildman–Crippen MR) is 137 cm³/mol. The van der Waals surface area contributed by atoms with E-state index in [2.05, 4.69) is 49.5 Å². The number of nitrogens with zero attached hydrogens (tertiary/aromatic N) is 4. The molecule has 0 radical (unpaired) electrons. The van der Waals surface area contributed by atoms with Gasteiger partial charge in [-0.1, -0.05) is 42.3 Å². The van der Waals surface area contributed by atoms with Gasteiger partial charge in [0.25, 0.3) is 0 Å². The second-order valence-corrected chi connectivity index (χ2v) is 7.80. The Kier molecular flexibility index (Phi) is 10.4. The van der Waals surface area contributed by atoms with Gasteiger partial charge in [-0.05, 0) is 35.9 Å². The Morgan fingerprint density at radius 3 is 2.40 bits per heavy atom. The van der Waals surface area contributed by atoms with Crippen molar-refractivity contribution in [2.75, 3.05) is 44.7 Å². The number of aromatic nitrogens is 1. The van der Waals surface area contributed by atoms with Gasteiger partial charge < -0.3 is 20.4 Å². The smallest absolute Gasteiger partial charge is 0.191 e. The molecule has 6 nitrogen and oxygen atoms in total. The number of hydrogen-bond acceptors (Lipinski definition) is 4.